The highest BCUT2D eigenvalue weighted by Gasteiger charge is 2.21. The number of hydrogen-bond acceptors (Lipinski definition) is 3. The lowest BCUT2D eigenvalue weighted by Crippen LogP contribution is -2.14. The molecule has 1 aromatic carbocycles. The van der Waals surface area contributed by atoms with Gasteiger partial charge >= 0.3 is 0 Å². The number of hydrogen-bond donors (Lipinski definition) is 1. The number of fused-ring (bicyclic) bond motifs is 1. The van der Waals surface area contributed by atoms with E-state index in [-0.39, 0.29) is 0 Å². The summed E-state index contributed by atoms with van der Waals surface area (Å²) in [5, 5.41) is 6.78. The molecule has 0 radical (unpaired) electrons. The Hall–Kier alpha value is -1.19. The molecule has 76 valence electrons. The lowest BCUT2D eigenvalue weighted by Gasteiger charge is -2.09. The van der Waals surface area contributed by atoms with Crippen LogP contribution in [0.3, 0.4) is 0 Å². The minimum absolute atomic E-state index is 0.451. The lowest BCUT2D eigenvalue weighted by atomic mass is 10.0. The van der Waals surface area contributed by atoms with Crippen molar-refractivity contribution in [3.8, 4) is 0 Å². The topological polar surface area (TPSA) is 24.9 Å². The van der Waals surface area contributed by atoms with E-state index in [2.05, 4.69) is 34.6 Å². The summed E-state index contributed by atoms with van der Waals surface area (Å²) in [6.45, 7) is 0.992. The van der Waals surface area contributed by atoms with Crippen LogP contribution < -0.4 is 5.32 Å². The van der Waals surface area contributed by atoms with E-state index in [0.29, 0.717) is 6.04 Å². The first-order valence-corrected chi connectivity index (χ1v) is 6.01. The molecule has 2 heterocycles. The van der Waals surface area contributed by atoms with Crippen LogP contribution in [-0.4, -0.2) is 4.98 Å². The third-order valence-electron chi connectivity index (χ3n) is 2.83. The molecular formula is C12H12N2S. The molecule has 0 spiro atoms. The smallest absolute Gasteiger partial charge is 0.0943 e. The molecule has 2 nitrogen and oxygen atoms in total. The zero-order chi connectivity index (χ0) is 10.1. The largest absolute Gasteiger partial charge is 0.305 e. The SMILES string of the molecule is c1ccc2c(c1)CNC2Cc1nccs1. The molecule has 0 aliphatic carbocycles. The summed E-state index contributed by atoms with van der Waals surface area (Å²) in [6.07, 6.45) is 2.88. The van der Waals surface area contributed by atoms with Crippen LogP contribution in [0.4, 0.5) is 0 Å². The van der Waals surface area contributed by atoms with Crippen molar-refractivity contribution in [1.29, 1.82) is 0 Å². The van der Waals surface area contributed by atoms with Crippen molar-refractivity contribution in [3.05, 3.63) is 52.0 Å². The van der Waals surface area contributed by atoms with E-state index in [1.54, 1.807) is 11.3 Å². The molecule has 1 N–H and O–H groups in total. The average molecular weight is 216 g/mol. The second-order valence-corrected chi connectivity index (χ2v) is 4.74. The molecule has 0 bridgehead atoms. The Morgan fingerprint density at radius 3 is 3.20 bits per heavy atom. The summed E-state index contributed by atoms with van der Waals surface area (Å²) in [6, 6.07) is 9.08. The fraction of sp³-hybridized carbons (Fsp3) is 0.250. The van der Waals surface area contributed by atoms with Crippen molar-refractivity contribution in [3.63, 3.8) is 0 Å². The molecule has 0 fully saturated rings. The number of rotatable bonds is 2. The summed E-state index contributed by atoms with van der Waals surface area (Å²) in [4.78, 5) is 4.33. The predicted molar refractivity (Wildman–Crippen MR) is 61.8 cm³/mol. The van der Waals surface area contributed by atoms with Gasteiger partial charge in [-0.15, -0.1) is 11.3 Å². The Labute approximate surface area is 93.0 Å². The van der Waals surface area contributed by atoms with Crippen molar-refractivity contribution < 1.29 is 0 Å². The van der Waals surface area contributed by atoms with Gasteiger partial charge in [-0.3, -0.25) is 0 Å². The third-order valence-corrected chi connectivity index (χ3v) is 3.63. The van der Waals surface area contributed by atoms with Crippen LogP contribution in [0.1, 0.15) is 22.2 Å². The molecule has 15 heavy (non-hydrogen) atoms. The summed E-state index contributed by atoms with van der Waals surface area (Å²) in [5.41, 5.74) is 2.87. The van der Waals surface area contributed by atoms with Crippen LogP contribution in [0.2, 0.25) is 0 Å². The van der Waals surface area contributed by atoms with Gasteiger partial charge in [-0.05, 0) is 11.1 Å². The highest BCUT2D eigenvalue weighted by molar-refractivity contribution is 7.09. The molecular weight excluding hydrogens is 204 g/mol. The maximum atomic E-state index is 4.33. The highest BCUT2D eigenvalue weighted by Crippen LogP contribution is 2.28. The zero-order valence-corrected chi connectivity index (χ0v) is 9.13. The van der Waals surface area contributed by atoms with E-state index in [0.717, 1.165) is 13.0 Å². The van der Waals surface area contributed by atoms with Crippen LogP contribution in [0.15, 0.2) is 35.8 Å². The van der Waals surface area contributed by atoms with Gasteiger partial charge in [0.15, 0.2) is 0 Å². The first-order chi connectivity index (χ1) is 7.43. The van der Waals surface area contributed by atoms with Crippen LogP contribution in [0.5, 0.6) is 0 Å². The summed E-state index contributed by atoms with van der Waals surface area (Å²) in [5.74, 6) is 0. The Morgan fingerprint density at radius 1 is 1.40 bits per heavy atom. The fourth-order valence-electron chi connectivity index (χ4n) is 2.09. The summed E-state index contributed by atoms with van der Waals surface area (Å²) in [7, 11) is 0. The molecule has 0 amide bonds. The van der Waals surface area contributed by atoms with Crippen molar-refractivity contribution >= 4 is 11.3 Å². The molecule has 2 aromatic rings. The molecule has 0 saturated carbocycles. The second-order valence-electron chi connectivity index (χ2n) is 3.76. The number of thiazole rings is 1. The maximum absolute atomic E-state index is 4.33. The first-order valence-electron chi connectivity index (χ1n) is 5.13. The number of aromatic nitrogens is 1. The standard InChI is InChI=1S/C12H12N2S/c1-2-4-10-9(3-1)8-14-11(10)7-12-13-5-6-15-12/h1-6,11,14H,7-8H2. The van der Waals surface area contributed by atoms with Gasteiger partial charge in [0.25, 0.3) is 0 Å². The van der Waals surface area contributed by atoms with E-state index in [9.17, 15) is 0 Å². The Bertz CT molecular complexity index is 450. The molecule has 1 aliphatic rings. The fourth-order valence-corrected chi connectivity index (χ4v) is 2.75. The van der Waals surface area contributed by atoms with Crippen molar-refractivity contribution in [1.82, 2.24) is 10.3 Å². The molecule has 1 atom stereocenters. The zero-order valence-electron chi connectivity index (χ0n) is 8.31. The Kier molecular flexibility index (Phi) is 2.27. The molecule has 1 unspecified atom stereocenters. The van der Waals surface area contributed by atoms with Gasteiger partial charge in [0.2, 0.25) is 0 Å². The first kappa shape index (κ1) is 9.07. The molecule has 1 aliphatic heterocycles. The molecule has 0 saturated heterocycles. The number of nitrogens with zero attached hydrogens (tertiary/aromatic N) is 1. The lowest BCUT2D eigenvalue weighted by molar-refractivity contribution is 0.579. The van der Waals surface area contributed by atoms with E-state index < -0.39 is 0 Å². The Morgan fingerprint density at radius 2 is 2.33 bits per heavy atom. The van der Waals surface area contributed by atoms with Gasteiger partial charge in [0.05, 0.1) is 5.01 Å². The Balaban J connectivity index is 1.85. The van der Waals surface area contributed by atoms with Gasteiger partial charge in [-0.2, -0.15) is 0 Å². The maximum Gasteiger partial charge on any atom is 0.0943 e. The summed E-state index contributed by atoms with van der Waals surface area (Å²) >= 11 is 1.73. The van der Waals surface area contributed by atoms with E-state index in [1.807, 2.05) is 11.6 Å². The van der Waals surface area contributed by atoms with Gasteiger partial charge in [0.1, 0.15) is 0 Å². The minimum atomic E-state index is 0.451. The minimum Gasteiger partial charge on any atom is -0.305 e. The quantitative estimate of drug-likeness (QED) is 0.834. The summed E-state index contributed by atoms with van der Waals surface area (Å²) < 4.78 is 0. The normalized spacial score (nSPS) is 19.1. The monoisotopic (exact) mass is 216 g/mol. The third kappa shape index (κ3) is 1.68. The molecule has 3 rings (SSSR count). The van der Waals surface area contributed by atoms with Gasteiger partial charge in [-0.1, -0.05) is 24.3 Å². The molecule has 3 heteroatoms. The van der Waals surface area contributed by atoms with Gasteiger partial charge < -0.3 is 5.32 Å². The van der Waals surface area contributed by atoms with Crippen LogP contribution in [-0.2, 0) is 13.0 Å². The van der Waals surface area contributed by atoms with Crippen molar-refractivity contribution in [2.45, 2.75) is 19.0 Å². The van der Waals surface area contributed by atoms with Crippen LogP contribution in [0, 0.1) is 0 Å². The van der Waals surface area contributed by atoms with Crippen LogP contribution >= 0.6 is 11.3 Å². The van der Waals surface area contributed by atoms with E-state index >= 15 is 0 Å². The average Bonchev–Trinajstić information content (AvgIpc) is 2.89. The highest BCUT2D eigenvalue weighted by atomic mass is 32.1. The molecule has 1 aromatic heterocycles. The van der Waals surface area contributed by atoms with Crippen molar-refractivity contribution in [2.24, 2.45) is 0 Å². The van der Waals surface area contributed by atoms with Crippen LogP contribution in [0.25, 0.3) is 0 Å². The number of nitrogens with one attached hydrogen (secondary N) is 1. The van der Waals surface area contributed by atoms with Gasteiger partial charge in [0, 0.05) is 30.6 Å². The van der Waals surface area contributed by atoms with E-state index in [1.165, 1.54) is 16.1 Å². The predicted octanol–water partition coefficient (Wildman–Crippen LogP) is 2.53. The van der Waals surface area contributed by atoms with Crippen molar-refractivity contribution in [2.75, 3.05) is 0 Å². The van der Waals surface area contributed by atoms with E-state index in [4.69, 9.17) is 0 Å². The number of benzene rings is 1. The van der Waals surface area contributed by atoms with Gasteiger partial charge in [-0.25, -0.2) is 4.98 Å². The second kappa shape index (κ2) is 3.76.